The molecule has 0 aliphatic heterocycles. The fourth-order valence-corrected chi connectivity index (χ4v) is 1.25. The minimum atomic E-state index is -0.469. The van der Waals surface area contributed by atoms with Gasteiger partial charge in [-0.15, -0.1) is 11.6 Å². The molecule has 0 saturated heterocycles. The highest BCUT2D eigenvalue weighted by Gasteiger charge is 2.30. The van der Waals surface area contributed by atoms with Gasteiger partial charge in [-0.1, -0.05) is 24.3 Å². The summed E-state index contributed by atoms with van der Waals surface area (Å²) >= 11 is 6.17. The highest BCUT2D eigenvalue weighted by molar-refractivity contribution is 6.25. The van der Waals surface area contributed by atoms with E-state index in [4.69, 9.17) is 16.9 Å². The summed E-state index contributed by atoms with van der Waals surface area (Å²) in [5.74, 6) is -0.134. The predicted octanol–water partition coefficient (Wildman–Crippen LogP) is 2.64. The minimum absolute atomic E-state index is 0.134. The van der Waals surface area contributed by atoms with Gasteiger partial charge in [0.25, 0.3) is 0 Å². The first-order valence-electron chi connectivity index (χ1n) is 3.62. The first-order chi connectivity index (χ1) is 5.19. The Morgan fingerprint density at radius 1 is 1.64 bits per heavy atom. The Hall–Kier alpha value is -0.740. The second-order valence-corrected chi connectivity index (χ2v) is 3.47. The van der Waals surface area contributed by atoms with E-state index in [1.807, 2.05) is 31.2 Å². The standard InChI is InChI=1S/C9H10ClN/c1-8(7-11)9(10)5-3-2-4-6-9/h2-5,8H,6H2,1H3. The van der Waals surface area contributed by atoms with Gasteiger partial charge < -0.3 is 0 Å². The van der Waals surface area contributed by atoms with E-state index in [2.05, 4.69) is 6.07 Å². The van der Waals surface area contributed by atoms with Crippen molar-refractivity contribution in [2.45, 2.75) is 18.2 Å². The summed E-state index contributed by atoms with van der Waals surface area (Å²) in [7, 11) is 0. The second-order valence-electron chi connectivity index (χ2n) is 2.77. The quantitative estimate of drug-likeness (QED) is 0.551. The predicted molar refractivity (Wildman–Crippen MR) is 46.3 cm³/mol. The van der Waals surface area contributed by atoms with Gasteiger partial charge in [0.1, 0.15) is 0 Å². The van der Waals surface area contributed by atoms with Crippen LogP contribution in [0.4, 0.5) is 0 Å². The average molecular weight is 168 g/mol. The third kappa shape index (κ3) is 1.64. The molecule has 1 aliphatic rings. The van der Waals surface area contributed by atoms with Gasteiger partial charge in [0.05, 0.1) is 16.9 Å². The zero-order valence-corrected chi connectivity index (χ0v) is 7.17. The lowest BCUT2D eigenvalue weighted by Crippen LogP contribution is -2.26. The average Bonchev–Trinajstić information content (AvgIpc) is 2.04. The van der Waals surface area contributed by atoms with Crippen LogP contribution in [0.2, 0.25) is 0 Å². The number of rotatable bonds is 1. The Morgan fingerprint density at radius 3 is 2.82 bits per heavy atom. The molecule has 11 heavy (non-hydrogen) atoms. The van der Waals surface area contributed by atoms with Gasteiger partial charge in [-0.2, -0.15) is 5.26 Å². The topological polar surface area (TPSA) is 23.8 Å². The molecule has 0 amide bonds. The third-order valence-electron chi connectivity index (χ3n) is 1.96. The zero-order valence-electron chi connectivity index (χ0n) is 6.42. The van der Waals surface area contributed by atoms with Crippen LogP contribution in [0, 0.1) is 17.2 Å². The van der Waals surface area contributed by atoms with Gasteiger partial charge >= 0.3 is 0 Å². The lowest BCUT2D eigenvalue weighted by Gasteiger charge is -2.25. The van der Waals surface area contributed by atoms with Crippen molar-refractivity contribution in [1.82, 2.24) is 0 Å². The molecular formula is C9H10ClN. The van der Waals surface area contributed by atoms with Gasteiger partial charge in [-0.25, -0.2) is 0 Å². The number of halogens is 1. The Bertz CT molecular complexity index is 236. The molecule has 0 N–H and O–H groups in total. The minimum Gasteiger partial charge on any atom is -0.198 e. The highest BCUT2D eigenvalue weighted by atomic mass is 35.5. The van der Waals surface area contributed by atoms with Crippen LogP contribution >= 0.6 is 11.6 Å². The lowest BCUT2D eigenvalue weighted by molar-refractivity contribution is 0.563. The van der Waals surface area contributed by atoms with E-state index >= 15 is 0 Å². The van der Waals surface area contributed by atoms with E-state index in [-0.39, 0.29) is 5.92 Å². The van der Waals surface area contributed by atoms with Crippen molar-refractivity contribution in [3.05, 3.63) is 24.3 Å². The van der Waals surface area contributed by atoms with Gasteiger partial charge in [-0.3, -0.25) is 0 Å². The van der Waals surface area contributed by atoms with E-state index < -0.39 is 4.87 Å². The van der Waals surface area contributed by atoms with E-state index in [0.717, 1.165) is 6.42 Å². The third-order valence-corrected chi connectivity index (χ3v) is 2.57. The van der Waals surface area contributed by atoms with Gasteiger partial charge in [-0.05, 0) is 13.3 Å². The van der Waals surface area contributed by atoms with Crippen molar-refractivity contribution in [3.8, 4) is 6.07 Å². The number of nitrogens with zero attached hydrogens (tertiary/aromatic N) is 1. The van der Waals surface area contributed by atoms with Crippen molar-refractivity contribution in [3.63, 3.8) is 0 Å². The summed E-state index contributed by atoms with van der Waals surface area (Å²) in [5, 5.41) is 8.66. The Kier molecular flexibility index (Phi) is 2.36. The molecule has 2 atom stereocenters. The number of nitriles is 1. The first-order valence-corrected chi connectivity index (χ1v) is 4.00. The maximum Gasteiger partial charge on any atom is 0.0818 e. The van der Waals surface area contributed by atoms with Crippen LogP contribution in [0.5, 0.6) is 0 Å². The van der Waals surface area contributed by atoms with Gasteiger partial charge in [0.2, 0.25) is 0 Å². The van der Waals surface area contributed by atoms with Crippen molar-refractivity contribution in [1.29, 1.82) is 5.26 Å². The summed E-state index contributed by atoms with van der Waals surface area (Å²) in [4.78, 5) is -0.469. The molecule has 2 unspecified atom stereocenters. The van der Waals surface area contributed by atoms with Crippen molar-refractivity contribution in [2.75, 3.05) is 0 Å². The number of allylic oxidation sites excluding steroid dienone is 4. The number of hydrogen-bond acceptors (Lipinski definition) is 1. The Morgan fingerprint density at radius 2 is 2.36 bits per heavy atom. The van der Waals surface area contributed by atoms with Gasteiger partial charge in [0, 0.05) is 0 Å². The molecule has 0 bridgehead atoms. The number of hydrogen-bond donors (Lipinski definition) is 0. The van der Waals surface area contributed by atoms with Crippen LogP contribution < -0.4 is 0 Å². The molecule has 58 valence electrons. The van der Waals surface area contributed by atoms with E-state index in [1.54, 1.807) is 0 Å². The first kappa shape index (κ1) is 8.36. The molecule has 2 heteroatoms. The molecule has 0 saturated carbocycles. The van der Waals surface area contributed by atoms with Crippen molar-refractivity contribution < 1.29 is 0 Å². The molecule has 0 aromatic carbocycles. The largest absolute Gasteiger partial charge is 0.198 e. The Balaban J connectivity index is 2.77. The summed E-state index contributed by atoms with van der Waals surface area (Å²) in [6, 6.07) is 2.16. The van der Waals surface area contributed by atoms with Crippen LogP contribution in [-0.2, 0) is 0 Å². The van der Waals surface area contributed by atoms with Crippen LogP contribution in [0.1, 0.15) is 13.3 Å². The highest BCUT2D eigenvalue weighted by Crippen LogP contribution is 2.32. The SMILES string of the molecule is CC(C#N)C1(Cl)C=CC=CC1. The van der Waals surface area contributed by atoms with Crippen LogP contribution in [0.3, 0.4) is 0 Å². The summed E-state index contributed by atoms with van der Waals surface area (Å²) < 4.78 is 0. The normalized spacial score (nSPS) is 31.4. The summed E-state index contributed by atoms with van der Waals surface area (Å²) in [5.41, 5.74) is 0. The maximum atomic E-state index is 8.66. The second kappa shape index (κ2) is 3.11. The molecule has 0 radical (unpaired) electrons. The molecule has 1 rings (SSSR count). The fourth-order valence-electron chi connectivity index (χ4n) is 1.04. The molecule has 0 aromatic rings. The molecule has 0 heterocycles. The van der Waals surface area contributed by atoms with Crippen LogP contribution in [0.25, 0.3) is 0 Å². The maximum absolute atomic E-state index is 8.66. The zero-order chi connectivity index (χ0) is 8.32. The summed E-state index contributed by atoms with van der Waals surface area (Å²) in [6.07, 6.45) is 8.47. The van der Waals surface area contributed by atoms with Gasteiger partial charge in [0.15, 0.2) is 0 Å². The Labute approximate surface area is 72.0 Å². The molecule has 0 aromatic heterocycles. The summed E-state index contributed by atoms with van der Waals surface area (Å²) in [6.45, 7) is 1.84. The van der Waals surface area contributed by atoms with Crippen molar-refractivity contribution >= 4 is 11.6 Å². The number of alkyl halides is 1. The molecule has 0 fully saturated rings. The van der Waals surface area contributed by atoms with Crippen LogP contribution in [0.15, 0.2) is 24.3 Å². The smallest absolute Gasteiger partial charge is 0.0818 e. The van der Waals surface area contributed by atoms with Crippen LogP contribution in [-0.4, -0.2) is 4.87 Å². The lowest BCUT2D eigenvalue weighted by atomic mass is 9.88. The molecular weight excluding hydrogens is 158 g/mol. The fraction of sp³-hybridized carbons (Fsp3) is 0.444. The molecule has 0 spiro atoms. The molecule has 1 nitrogen and oxygen atoms in total. The molecule has 1 aliphatic carbocycles. The van der Waals surface area contributed by atoms with E-state index in [9.17, 15) is 0 Å². The van der Waals surface area contributed by atoms with Crippen molar-refractivity contribution in [2.24, 2.45) is 5.92 Å². The van der Waals surface area contributed by atoms with E-state index in [1.165, 1.54) is 0 Å². The van der Waals surface area contributed by atoms with E-state index in [0.29, 0.717) is 0 Å². The monoisotopic (exact) mass is 167 g/mol.